The molecular weight excluding hydrogens is 514 g/mol. The number of nitrogens with zero attached hydrogens (tertiary/aromatic N) is 2. The molecule has 2 atom stereocenters. The molecule has 10 heteroatoms. The molecule has 1 aliphatic rings. The van der Waals surface area contributed by atoms with Gasteiger partial charge >= 0.3 is 0 Å². The summed E-state index contributed by atoms with van der Waals surface area (Å²) in [5.41, 5.74) is 1.01. The normalized spacial score (nSPS) is 15.8. The number of hydrogen-bond acceptors (Lipinski definition) is 9. The summed E-state index contributed by atoms with van der Waals surface area (Å²) in [6, 6.07) is 13.6. The number of amides is 1. The van der Waals surface area contributed by atoms with Crippen molar-refractivity contribution in [3.05, 3.63) is 81.4 Å². The van der Waals surface area contributed by atoms with Gasteiger partial charge in [0.1, 0.15) is 11.5 Å². The van der Waals surface area contributed by atoms with Crippen LogP contribution in [0.2, 0.25) is 0 Å². The summed E-state index contributed by atoms with van der Waals surface area (Å²) in [5.74, 6) is -0.452. The average Bonchev–Trinajstić information content (AvgIpc) is 2.95. The van der Waals surface area contributed by atoms with Crippen LogP contribution in [0.5, 0.6) is 23.0 Å². The molecule has 1 saturated heterocycles. The van der Waals surface area contributed by atoms with Crippen LogP contribution in [-0.4, -0.2) is 79.9 Å². The number of hydrogen-bond donors (Lipinski definition) is 3. The molecule has 0 bridgehead atoms. The Morgan fingerprint density at radius 3 is 2.33 bits per heavy atom. The van der Waals surface area contributed by atoms with E-state index in [0.29, 0.717) is 17.9 Å². The summed E-state index contributed by atoms with van der Waals surface area (Å²) >= 11 is 0. The first-order chi connectivity index (χ1) is 19.2. The molecule has 3 aromatic rings. The number of carbonyl (C=O) groups is 1. The van der Waals surface area contributed by atoms with Crippen LogP contribution < -0.4 is 20.2 Å². The number of phenolic OH excluding ortho intramolecular Hbond substituents is 1. The Morgan fingerprint density at radius 1 is 1.00 bits per heavy atom. The number of carbonyl (C=O) groups excluding carboxylic acids is 1. The third-order valence-corrected chi connectivity index (χ3v) is 7.36. The first-order valence-corrected chi connectivity index (χ1v) is 13.2. The molecule has 3 N–H and O–H groups in total. The van der Waals surface area contributed by atoms with E-state index >= 15 is 0 Å². The van der Waals surface area contributed by atoms with Crippen molar-refractivity contribution in [2.75, 3.05) is 54.0 Å². The number of ether oxygens (including phenoxy) is 2. The van der Waals surface area contributed by atoms with Crippen LogP contribution >= 0.6 is 0 Å². The maximum atomic E-state index is 13.4. The smallest absolute Gasteiger partial charge is 0.227 e. The zero-order valence-electron chi connectivity index (χ0n) is 23.3. The van der Waals surface area contributed by atoms with Crippen molar-refractivity contribution in [2.24, 2.45) is 0 Å². The molecule has 0 spiro atoms. The van der Waals surface area contributed by atoms with Crippen molar-refractivity contribution >= 4 is 5.91 Å². The maximum Gasteiger partial charge on any atom is 0.227 e. The summed E-state index contributed by atoms with van der Waals surface area (Å²) in [4.78, 5) is 30.4. The summed E-state index contributed by atoms with van der Waals surface area (Å²) in [5, 5.41) is 23.8. The second-order valence-electron chi connectivity index (χ2n) is 10.1. The lowest BCUT2D eigenvalue weighted by molar-refractivity contribution is -0.121. The van der Waals surface area contributed by atoms with E-state index in [0.717, 1.165) is 37.5 Å². The molecule has 1 amide bonds. The van der Waals surface area contributed by atoms with Crippen molar-refractivity contribution < 1.29 is 28.9 Å². The van der Waals surface area contributed by atoms with E-state index < -0.39 is 17.1 Å². The van der Waals surface area contributed by atoms with Gasteiger partial charge in [0, 0.05) is 45.2 Å². The van der Waals surface area contributed by atoms with Gasteiger partial charge in [0.25, 0.3) is 0 Å². The Hall–Kier alpha value is -4.02. The SMILES string of the molecule is COc1ccc(C(CNC(=O)CC(c2ccc(O)c(OC)c2)c2oc(C)cc(=O)c2O)N2CCN(C)CC2)cc1. The first kappa shape index (κ1) is 29.0. The highest BCUT2D eigenvalue weighted by molar-refractivity contribution is 5.77. The van der Waals surface area contributed by atoms with E-state index in [1.54, 1.807) is 26.2 Å². The molecule has 1 fully saturated rings. The standard InChI is InChI=1S/C30H37N3O7/c1-19-15-26(35)29(37)30(40-19)23(21-7-10-25(34)27(16-21)39-4)17-28(36)31-18-24(33-13-11-32(2)12-14-33)20-5-8-22(38-3)9-6-20/h5-10,15-16,23-24,34,37H,11-14,17-18H2,1-4H3,(H,31,36). The Morgan fingerprint density at radius 2 is 1.68 bits per heavy atom. The zero-order chi connectivity index (χ0) is 28.8. The van der Waals surface area contributed by atoms with Crippen LogP contribution in [0.4, 0.5) is 0 Å². The van der Waals surface area contributed by atoms with Crippen LogP contribution in [0, 0.1) is 6.92 Å². The fourth-order valence-electron chi connectivity index (χ4n) is 5.02. The lowest BCUT2D eigenvalue weighted by Crippen LogP contribution is -2.48. The van der Waals surface area contributed by atoms with Crippen LogP contribution in [0.1, 0.15) is 41.0 Å². The van der Waals surface area contributed by atoms with E-state index in [2.05, 4.69) is 22.2 Å². The van der Waals surface area contributed by atoms with Gasteiger partial charge in [0.2, 0.25) is 17.1 Å². The van der Waals surface area contributed by atoms with E-state index in [1.165, 1.54) is 19.2 Å². The Bertz CT molecular complexity index is 1360. The average molecular weight is 552 g/mol. The van der Waals surface area contributed by atoms with E-state index in [1.807, 2.05) is 24.3 Å². The van der Waals surface area contributed by atoms with Crippen LogP contribution in [0.15, 0.2) is 57.7 Å². The monoisotopic (exact) mass is 551 g/mol. The number of rotatable bonds is 10. The highest BCUT2D eigenvalue weighted by Crippen LogP contribution is 2.37. The molecular formula is C30H37N3O7. The molecule has 0 saturated carbocycles. The number of piperazine rings is 1. The van der Waals surface area contributed by atoms with Gasteiger partial charge in [-0.15, -0.1) is 0 Å². The Kier molecular flexibility index (Phi) is 9.34. The van der Waals surface area contributed by atoms with Gasteiger partial charge in [-0.05, 0) is 49.4 Å². The van der Waals surface area contributed by atoms with E-state index in [9.17, 15) is 19.8 Å². The van der Waals surface area contributed by atoms with E-state index in [4.69, 9.17) is 13.9 Å². The predicted molar refractivity (Wildman–Crippen MR) is 150 cm³/mol. The largest absolute Gasteiger partial charge is 0.504 e. The van der Waals surface area contributed by atoms with E-state index in [-0.39, 0.29) is 35.6 Å². The minimum atomic E-state index is -0.801. The highest BCUT2D eigenvalue weighted by Gasteiger charge is 2.29. The summed E-state index contributed by atoms with van der Waals surface area (Å²) < 4.78 is 16.3. The van der Waals surface area contributed by atoms with Crippen LogP contribution in [0.3, 0.4) is 0 Å². The third-order valence-electron chi connectivity index (χ3n) is 7.36. The minimum absolute atomic E-state index is 0.0151. The van der Waals surface area contributed by atoms with Gasteiger partial charge in [-0.2, -0.15) is 0 Å². The fraction of sp³-hybridized carbons (Fsp3) is 0.400. The van der Waals surface area contributed by atoms with Crippen LogP contribution in [0.25, 0.3) is 0 Å². The minimum Gasteiger partial charge on any atom is -0.504 e. The van der Waals surface area contributed by atoms with Crippen molar-refractivity contribution in [1.29, 1.82) is 0 Å². The number of phenols is 1. The van der Waals surface area contributed by atoms with Crippen molar-refractivity contribution in [2.45, 2.75) is 25.3 Å². The van der Waals surface area contributed by atoms with Gasteiger partial charge in [-0.1, -0.05) is 18.2 Å². The number of aryl methyl sites for hydroxylation is 1. The fourth-order valence-corrected chi connectivity index (χ4v) is 5.02. The molecule has 2 unspecified atom stereocenters. The molecule has 40 heavy (non-hydrogen) atoms. The molecule has 214 valence electrons. The molecule has 4 rings (SSSR count). The molecule has 2 heterocycles. The number of likely N-dealkylation sites (N-methyl/N-ethyl adjacent to an activating group) is 1. The van der Waals surface area contributed by atoms with Crippen LogP contribution in [-0.2, 0) is 4.79 Å². The Labute approximate surface area is 233 Å². The van der Waals surface area contributed by atoms with Gasteiger partial charge in [0.15, 0.2) is 17.3 Å². The second kappa shape index (κ2) is 12.9. The molecule has 0 radical (unpaired) electrons. The summed E-state index contributed by atoms with van der Waals surface area (Å²) in [6.07, 6.45) is -0.105. The van der Waals surface area contributed by atoms with Gasteiger partial charge in [-0.25, -0.2) is 0 Å². The van der Waals surface area contributed by atoms with Gasteiger partial charge in [0.05, 0.1) is 26.2 Å². The topological polar surface area (TPSA) is 125 Å². The number of nitrogens with one attached hydrogen (secondary N) is 1. The lowest BCUT2D eigenvalue weighted by Gasteiger charge is -2.38. The molecule has 1 aromatic heterocycles. The number of methoxy groups -OCH3 is 2. The Balaban J connectivity index is 1.59. The molecule has 0 aliphatic carbocycles. The lowest BCUT2D eigenvalue weighted by atomic mass is 9.91. The number of aromatic hydroxyl groups is 2. The van der Waals surface area contributed by atoms with Gasteiger partial charge in [-0.3, -0.25) is 14.5 Å². The second-order valence-corrected chi connectivity index (χ2v) is 10.1. The third kappa shape index (κ3) is 6.75. The summed E-state index contributed by atoms with van der Waals surface area (Å²) in [7, 11) is 5.14. The first-order valence-electron chi connectivity index (χ1n) is 13.2. The van der Waals surface area contributed by atoms with Crippen molar-refractivity contribution in [3.8, 4) is 23.0 Å². The maximum absolute atomic E-state index is 13.4. The van der Waals surface area contributed by atoms with Crippen molar-refractivity contribution in [3.63, 3.8) is 0 Å². The molecule has 10 nitrogen and oxygen atoms in total. The van der Waals surface area contributed by atoms with Gasteiger partial charge < -0.3 is 34.3 Å². The highest BCUT2D eigenvalue weighted by atomic mass is 16.5. The molecule has 2 aromatic carbocycles. The quantitative estimate of drug-likeness (QED) is 0.349. The number of benzene rings is 2. The van der Waals surface area contributed by atoms with Crippen molar-refractivity contribution in [1.82, 2.24) is 15.1 Å². The molecule has 1 aliphatic heterocycles. The summed E-state index contributed by atoms with van der Waals surface area (Å²) in [6.45, 7) is 5.55. The predicted octanol–water partition coefficient (Wildman–Crippen LogP) is 3.00. The zero-order valence-corrected chi connectivity index (χ0v) is 23.3.